The summed E-state index contributed by atoms with van der Waals surface area (Å²) in [6.45, 7) is 8.72. The van der Waals surface area contributed by atoms with E-state index in [9.17, 15) is 9.59 Å². The lowest BCUT2D eigenvalue weighted by atomic mass is 9.97. The van der Waals surface area contributed by atoms with Gasteiger partial charge in [0.15, 0.2) is 5.82 Å². The van der Waals surface area contributed by atoms with Crippen molar-refractivity contribution < 1.29 is 14.3 Å². The SMILES string of the molecule is CCC1C(=O)N(C)c2cnc(Cl)nc2N1C1CCN(C(=O)OC(C)(C)C)CC1. The molecule has 1 aromatic heterocycles. The van der Waals surface area contributed by atoms with Gasteiger partial charge in [0.1, 0.15) is 17.3 Å². The maximum Gasteiger partial charge on any atom is 0.410 e. The molecular formula is C19H28ClN5O3. The van der Waals surface area contributed by atoms with E-state index in [-0.39, 0.29) is 29.4 Å². The predicted octanol–water partition coefficient (Wildman–Crippen LogP) is 3.09. The first-order valence-electron chi connectivity index (χ1n) is 9.68. The Hall–Kier alpha value is -2.09. The van der Waals surface area contributed by atoms with Gasteiger partial charge in [-0.05, 0) is 51.6 Å². The van der Waals surface area contributed by atoms with Crippen LogP contribution in [-0.4, -0.2) is 64.7 Å². The van der Waals surface area contributed by atoms with Gasteiger partial charge in [0.05, 0.1) is 6.20 Å². The summed E-state index contributed by atoms with van der Waals surface area (Å²) in [4.78, 5) is 39.1. The zero-order valence-corrected chi connectivity index (χ0v) is 17.9. The van der Waals surface area contributed by atoms with E-state index in [1.54, 1.807) is 23.0 Å². The Morgan fingerprint density at radius 3 is 2.54 bits per heavy atom. The molecule has 1 unspecified atom stereocenters. The topological polar surface area (TPSA) is 78.9 Å². The second kappa shape index (κ2) is 7.73. The Morgan fingerprint density at radius 1 is 1.32 bits per heavy atom. The molecule has 2 aliphatic heterocycles. The van der Waals surface area contributed by atoms with Gasteiger partial charge in [-0.1, -0.05) is 6.92 Å². The minimum absolute atomic E-state index is 0.0236. The molecule has 0 N–H and O–H groups in total. The first-order chi connectivity index (χ1) is 13.1. The first-order valence-corrected chi connectivity index (χ1v) is 10.1. The first kappa shape index (κ1) is 20.6. The van der Waals surface area contributed by atoms with Gasteiger partial charge in [0.25, 0.3) is 0 Å². The third-order valence-corrected chi connectivity index (χ3v) is 5.36. The molecule has 0 radical (unpaired) electrons. The molecule has 1 fully saturated rings. The van der Waals surface area contributed by atoms with Crippen LogP contribution in [0.3, 0.4) is 0 Å². The summed E-state index contributed by atoms with van der Waals surface area (Å²) in [5.74, 6) is 0.708. The molecule has 3 heterocycles. The maximum absolute atomic E-state index is 12.9. The smallest absolute Gasteiger partial charge is 0.410 e. The fraction of sp³-hybridized carbons (Fsp3) is 0.684. The third-order valence-electron chi connectivity index (χ3n) is 5.17. The van der Waals surface area contributed by atoms with Crippen LogP contribution in [0.4, 0.5) is 16.3 Å². The van der Waals surface area contributed by atoms with Crippen molar-refractivity contribution in [2.45, 2.75) is 64.6 Å². The Balaban J connectivity index is 1.81. The van der Waals surface area contributed by atoms with Crippen LogP contribution in [0, 0.1) is 0 Å². The van der Waals surface area contributed by atoms with Crippen molar-refractivity contribution in [2.75, 3.05) is 29.9 Å². The normalized spacial score (nSPS) is 21.0. The van der Waals surface area contributed by atoms with Crippen LogP contribution >= 0.6 is 11.6 Å². The molecule has 3 rings (SSSR count). The largest absolute Gasteiger partial charge is 0.444 e. The van der Waals surface area contributed by atoms with Crippen molar-refractivity contribution >= 4 is 35.1 Å². The van der Waals surface area contributed by atoms with E-state index < -0.39 is 5.60 Å². The minimum atomic E-state index is -0.516. The number of ether oxygens (including phenoxy) is 1. The zero-order valence-electron chi connectivity index (χ0n) is 17.1. The lowest BCUT2D eigenvalue weighted by Crippen LogP contribution is -2.58. The number of fused-ring (bicyclic) bond motifs is 1. The molecule has 9 heteroatoms. The van der Waals surface area contributed by atoms with E-state index in [0.29, 0.717) is 31.0 Å². The second-order valence-electron chi connectivity index (χ2n) is 8.28. The molecule has 8 nitrogen and oxygen atoms in total. The number of likely N-dealkylation sites (tertiary alicyclic amines) is 1. The van der Waals surface area contributed by atoms with Crippen LogP contribution in [0.5, 0.6) is 0 Å². The van der Waals surface area contributed by atoms with E-state index in [1.165, 1.54) is 0 Å². The van der Waals surface area contributed by atoms with Gasteiger partial charge in [0.2, 0.25) is 11.2 Å². The summed E-state index contributed by atoms with van der Waals surface area (Å²) < 4.78 is 5.48. The number of nitrogens with zero attached hydrogens (tertiary/aromatic N) is 5. The van der Waals surface area contributed by atoms with Crippen molar-refractivity contribution in [1.82, 2.24) is 14.9 Å². The maximum atomic E-state index is 12.9. The number of amides is 2. The molecular weight excluding hydrogens is 382 g/mol. The summed E-state index contributed by atoms with van der Waals surface area (Å²) in [6, 6.07) is -0.215. The van der Waals surface area contributed by atoms with Crippen molar-refractivity contribution in [3.05, 3.63) is 11.5 Å². The average molecular weight is 410 g/mol. The zero-order chi connectivity index (χ0) is 20.6. The predicted molar refractivity (Wildman–Crippen MR) is 108 cm³/mol. The summed E-state index contributed by atoms with van der Waals surface area (Å²) in [5.41, 5.74) is 0.145. The van der Waals surface area contributed by atoms with E-state index in [1.807, 2.05) is 27.7 Å². The summed E-state index contributed by atoms with van der Waals surface area (Å²) >= 11 is 6.06. The van der Waals surface area contributed by atoms with Crippen molar-refractivity contribution in [1.29, 1.82) is 0 Å². The summed E-state index contributed by atoms with van der Waals surface area (Å²) in [5, 5.41) is 0.160. The summed E-state index contributed by atoms with van der Waals surface area (Å²) in [7, 11) is 1.74. The van der Waals surface area contributed by atoms with Crippen LogP contribution in [0.15, 0.2) is 6.20 Å². The van der Waals surface area contributed by atoms with Crippen molar-refractivity contribution in [2.24, 2.45) is 0 Å². The molecule has 0 saturated carbocycles. The molecule has 2 amide bonds. The minimum Gasteiger partial charge on any atom is -0.444 e. The van der Waals surface area contributed by atoms with Crippen LogP contribution in [0.1, 0.15) is 47.0 Å². The van der Waals surface area contributed by atoms with Crippen molar-refractivity contribution in [3.8, 4) is 0 Å². The lowest BCUT2D eigenvalue weighted by molar-refractivity contribution is -0.120. The number of hydrogen-bond donors (Lipinski definition) is 0. The molecule has 1 saturated heterocycles. The standard InChI is InChI=1S/C19H28ClN5O3/c1-6-13-16(26)23(5)14-11-21-17(20)22-15(14)25(13)12-7-9-24(10-8-12)18(27)28-19(2,3)4/h11-13H,6-10H2,1-5H3. The quantitative estimate of drug-likeness (QED) is 0.698. The lowest BCUT2D eigenvalue weighted by Gasteiger charge is -2.46. The molecule has 0 aliphatic carbocycles. The fourth-order valence-electron chi connectivity index (χ4n) is 3.83. The Morgan fingerprint density at radius 2 is 1.96 bits per heavy atom. The van der Waals surface area contributed by atoms with Crippen LogP contribution < -0.4 is 9.80 Å². The van der Waals surface area contributed by atoms with Gasteiger partial charge in [-0.25, -0.2) is 9.78 Å². The van der Waals surface area contributed by atoms with Crippen molar-refractivity contribution in [3.63, 3.8) is 0 Å². The van der Waals surface area contributed by atoms with E-state index in [4.69, 9.17) is 16.3 Å². The number of piperidine rings is 1. The average Bonchev–Trinajstić information content (AvgIpc) is 2.63. The molecule has 2 aliphatic rings. The molecule has 28 heavy (non-hydrogen) atoms. The monoisotopic (exact) mass is 409 g/mol. The number of aromatic nitrogens is 2. The molecule has 0 bridgehead atoms. The van der Waals surface area contributed by atoms with Crippen LogP contribution in [0.2, 0.25) is 5.28 Å². The molecule has 1 aromatic rings. The number of likely N-dealkylation sites (N-methyl/N-ethyl adjacent to an activating group) is 1. The highest BCUT2D eigenvalue weighted by Crippen LogP contribution is 2.38. The van der Waals surface area contributed by atoms with Gasteiger partial charge in [-0.2, -0.15) is 4.98 Å². The second-order valence-corrected chi connectivity index (χ2v) is 8.61. The molecule has 0 aromatic carbocycles. The van der Waals surface area contributed by atoms with Gasteiger partial charge in [0, 0.05) is 26.2 Å². The highest BCUT2D eigenvalue weighted by atomic mass is 35.5. The number of rotatable bonds is 2. The third kappa shape index (κ3) is 4.01. The summed E-state index contributed by atoms with van der Waals surface area (Å²) in [6.07, 6.45) is 3.42. The van der Waals surface area contributed by atoms with E-state index in [2.05, 4.69) is 14.9 Å². The van der Waals surface area contributed by atoms with Gasteiger partial charge in [-0.3, -0.25) is 4.79 Å². The van der Waals surface area contributed by atoms with Gasteiger partial charge < -0.3 is 19.4 Å². The van der Waals surface area contributed by atoms with E-state index >= 15 is 0 Å². The number of carbonyl (C=O) groups is 2. The fourth-order valence-corrected chi connectivity index (χ4v) is 3.96. The number of anilines is 2. The van der Waals surface area contributed by atoms with E-state index in [0.717, 1.165) is 12.8 Å². The van der Waals surface area contributed by atoms with Crippen LogP contribution in [0.25, 0.3) is 0 Å². The molecule has 154 valence electrons. The molecule has 0 spiro atoms. The molecule has 1 atom stereocenters. The highest BCUT2D eigenvalue weighted by Gasteiger charge is 2.41. The number of hydrogen-bond acceptors (Lipinski definition) is 6. The number of halogens is 1. The Bertz CT molecular complexity index is 758. The van der Waals surface area contributed by atoms with Crippen LogP contribution in [-0.2, 0) is 9.53 Å². The van der Waals surface area contributed by atoms with Gasteiger partial charge in [-0.15, -0.1) is 0 Å². The Kier molecular flexibility index (Phi) is 5.70. The Labute approximate surface area is 170 Å². The van der Waals surface area contributed by atoms with Gasteiger partial charge >= 0.3 is 6.09 Å². The highest BCUT2D eigenvalue weighted by molar-refractivity contribution is 6.28. The number of carbonyl (C=O) groups excluding carboxylic acids is 2.